The molecule has 0 N–H and O–H groups in total. The first-order chi connectivity index (χ1) is 16.7. The predicted molar refractivity (Wildman–Crippen MR) is 129 cm³/mol. The van der Waals surface area contributed by atoms with Crippen LogP contribution in [0, 0.1) is 64.6 Å². The maximum Gasteiger partial charge on any atom is 0.404 e. The molecule has 7 fully saturated rings. The minimum atomic E-state index is -4.72. The van der Waals surface area contributed by atoms with Crippen LogP contribution in [0.4, 0.5) is 13.2 Å². The average Bonchev–Trinajstić information content (AvgIpc) is 3.43. The van der Waals surface area contributed by atoms with Crippen LogP contribution >= 0.6 is 0 Å². The first-order valence-electron chi connectivity index (χ1n) is 14.2. The first-order valence-corrected chi connectivity index (χ1v) is 16.0. The standard InChI is InChI=1S/C28H41F3O4S/c1-15-13-36(33,34)14-23(15)24-19-5-4-18(11-19)22(24)12-26(2,28(29,30)31)25(32)35-27(3)20-7-16-6-17(9-20)10-21(27)8-16/h15-24H,4-14H2,1-3H3. The number of ether oxygens (including phenoxy) is 1. The third kappa shape index (κ3) is 3.80. The van der Waals surface area contributed by atoms with Crippen molar-refractivity contribution in [2.45, 2.75) is 90.3 Å². The van der Waals surface area contributed by atoms with Gasteiger partial charge in [0.15, 0.2) is 15.3 Å². The van der Waals surface area contributed by atoms with E-state index in [2.05, 4.69) is 0 Å². The Labute approximate surface area is 213 Å². The second-order valence-corrected chi connectivity index (χ2v) is 16.4. The van der Waals surface area contributed by atoms with E-state index in [4.69, 9.17) is 4.74 Å². The molecule has 0 aromatic carbocycles. The van der Waals surface area contributed by atoms with E-state index in [9.17, 15) is 26.4 Å². The van der Waals surface area contributed by atoms with E-state index in [0.29, 0.717) is 11.8 Å². The van der Waals surface area contributed by atoms with E-state index in [1.807, 2.05) is 13.8 Å². The number of hydrogen-bond donors (Lipinski definition) is 0. The third-order valence-corrected chi connectivity index (χ3v) is 14.1. The maximum absolute atomic E-state index is 14.8. The summed E-state index contributed by atoms with van der Waals surface area (Å²) in [7, 11) is -3.16. The Morgan fingerprint density at radius 3 is 2.06 bits per heavy atom. The van der Waals surface area contributed by atoms with Gasteiger partial charge in [-0.2, -0.15) is 13.2 Å². The van der Waals surface area contributed by atoms with Crippen molar-refractivity contribution >= 4 is 15.8 Å². The lowest BCUT2D eigenvalue weighted by Crippen LogP contribution is -2.60. The van der Waals surface area contributed by atoms with Crippen LogP contribution in [0.2, 0.25) is 0 Å². The molecule has 7 aliphatic rings. The summed E-state index contributed by atoms with van der Waals surface area (Å²) in [6.45, 7) is 4.90. The molecular weight excluding hydrogens is 489 g/mol. The van der Waals surface area contributed by atoms with Crippen molar-refractivity contribution in [2.24, 2.45) is 64.6 Å². The van der Waals surface area contributed by atoms with Crippen LogP contribution < -0.4 is 0 Å². The van der Waals surface area contributed by atoms with Crippen LogP contribution in [0.15, 0.2) is 0 Å². The van der Waals surface area contributed by atoms with E-state index in [1.54, 1.807) is 0 Å². The van der Waals surface area contributed by atoms with Crippen LogP contribution in [0.3, 0.4) is 0 Å². The summed E-state index contributed by atoms with van der Waals surface area (Å²) in [5.74, 6) is 0.623. The van der Waals surface area contributed by atoms with Crippen molar-refractivity contribution in [3.63, 3.8) is 0 Å². The number of sulfone groups is 1. The fraction of sp³-hybridized carbons (Fsp3) is 0.964. The van der Waals surface area contributed by atoms with Gasteiger partial charge in [0.1, 0.15) is 5.60 Å². The molecule has 7 rings (SSSR count). The summed E-state index contributed by atoms with van der Waals surface area (Å²) in [5, 5.41) is 0. The van der Waals surface area contributed by atoms with Crippen molar-refractivity contribution < 1.29 is 31.1 Å². The molecule has 8 heteroatoms. The summed E-state index contributed by atoms with van der Waals surface area (Å²) in [4.78, 5) is 13.7. The largest absolute Gasteiger partial charge is 0.458 e. The van der Waals surface area contributed by atoms with Crippen LogP contribution in [0.25, 0.3) is 0 Å². The summed E-state index contributed by atoms with van der Waals surface area (Å²) < 4.78 is 75.2. The molecule has 6 saturated carbocycles. The average molecular weight is 531 g/mol. The van der Waals surface area contributed by atoms with Crippen LogP contribution in [-0.4, -0.2) is 37.7 Å². The van der Waals surface area contributed by atoms with Gasteiger partial charge in [-0.05, 0) is 131 Å². The fourth-order valence-electron chi connectivity index (χ4n) is 10.4. The molecule has 1 saturated heterocycles. The molecule has 0 aromatic heterocycles. The van der Waals surface area contributed by atoms with E-state index in [0.717, 1.165) is 51.9 Å². The van der Waals surface area contributed by atoms with Gasteiger partial charge in [-0.3, -0.25) is 4.79 Å². The van der Waals surface area contributed by atoms with Gasteiger partial charge in [-0.1, -0.05) is 6.92 Å². The number of hydrogen-bond acceptors (Lipinski definition) is 4. The van der Waals surface area contributed by atoms with Crippen LogP contribution in [0.1, 0.15) is 78.6 Å². The van der Waals surface area contributed by atoms with Crippen molar-refractivity contribution in [2.75, 3.05) is 11.5 Å². The van der Waals surface area contributed by atoms with Gasteiger partial charge in [0.25, 0.3) is 0 Å². The van der Waals surface area contributed by atoms with Crippen LogP contribution in [0.5, 0.6) is 0 Å². The summed E-state index contributed by atoms with van der Waals surface area (Å²) in [6.07, 6.45) is 2.78. The number of carbonyl (C=O) groups excluding carboxylic acids is 1. The van der Waals surface area contributed by atoms with Gasteiger partial charge in [0, 0.05) is 0 Å². The lowest BCUT2D eigenvalue weighted by Gasteiger charge is -2.59. The SMILES string of the molecule is CC1CS(=O)(=O)CC1C1C2CCC(C2)C1CC(C)(C(=O)OC1(C)C2CC3CC(C2)CC1C3)C(F)(F)F. The van der Waals surface area contributed by atoms with Gasteiger partial charge < -0.3 is 4.74 Å². The predicted octanol–water partition coefficient (Wildman–Crippen LogP) is 6.05. The van der Waals surface area contributed by atoms with Gasteiger partial charge >= 0.3 is 12.1 Å². The molecule has 6 bridgehead atoms. The molecule has 6 aliphatic carbocycles. The fourth-order valence-corrected chi connectivity index (χ4v) is 12.7. The molecule has 0 spiro atoms. The minimum absolute atomic E-state index is 0.0436. The van der Waals surface area contributed by atoms with E-state index >= 15 is 0 Å². The number of alkyl halides is 3. The normalized spacial score (nSPS) is 50.4. The molecule has 0 aromatic rings. The molecule has 1 heterocycles. The van der Waals surface area contributed by atoms with Gasteiger partial charge in [0.2, 0.25) is 0 Å². The molecule has 0 radical (unpaired) electrons. The summed E-state index contributed by atoms with van der Waals surface area (Å²) in [5.41, 5.74) is -3.38. The molecule has 0 amide bonds. The molecule has 1 aliphatic heterocycles. The zero-order valence-electron chi connectivity index (χ0n) is 21.7. The van der Waals surface area contributed by atoms with E-state index in [1.165, 1.54) is 6.42 Å². The van der Waals surface area contributed by atoms with E-state index < -0.39 is 33.0 Å². The topological polar surface area (TPSA) is 60.4 Å². The molecule has 36 heavy (non-hydrogen) atoms. The van der Waals surface area contributed by atoms with Gasteiger partial charge in [0.05, 0.1) is 11.5 Å². The smallest absolute Gasteiger partial charge is 0.404 e. The third-order valence-electron chi connectivity index (χ3n) is 12.1. The highest BCUT2D eigenvalue weighted by atomic mass is 32.2. The Morgan fingerprint density at radius 1 is 0.944 bits per heavy atom. The quantitative estimate of drug-likeness (QED) is 0.406. The van der Waals surface area contributed by atoms with Crippen molar-refractivity contribution in [1.29, 1.82) is 0 Å². The molecule has 204 valence electrons. The van der Waals surface area contributed by atoms with Crippen molar-refractivity contribution in [3.05, 3.63) is 0 Å². The maximum atomic E-state index is 14.8. The Balaban J connectivity index is 1.27. The van der Waals surface area contributed by atoms with Crippen molar-refractivity contribution in [3.8, 4) is 0 Å². The highest BCUT2D eigenvalue weighted by molar-refractivity contribution is 7.91. The lowest BCUT2D eigenvalue weighted by molar-refractivity contribution is -0.257. The number of carbonyl (C=O) groups is 1. The molecule has 7 atom stereocenters. The highest BCUT2D eigenvalue weighted by Crippen LogP contribution is 2.63. The Kier molecular flexibility index (Phi) is 5.74. The highest BCUT2D eigenvalue weighted by Gasteiger charge is 2.65. The van der Waals surface area contributed by atoms with Gasteiger partial charge in [-0.15, -0.1) is 0 Å². The van der Waals surface area contributed by atoms with E-state index in [-0.39, 0.29) is 65.3 Å². The van der Waals surface area contributed by atoms with Gasteiger partial charge in [-0.25, -0.2) is 8.42 Å². The zero-order valence-corrected chi connectivity index (χ0v) is 22.5. The monoisotopic (exact) mass is 530 g/mol. The molecule has 7 unspecified atom stereocenters. The van der Waals surface area contributed by atoms with Crippen molar-refractivity contribution in [1.82, 2.24) is 0 Å². The molecular formula is C28H41F3O4S. The second kappa shape index (κ2) is 8.11. The minimum Gasteiger partial charge on any atom is -0.458 e. The summed E-state index contributed by atoms with van der Waals surface area (Å²) in [6, 6.07) is 0. The Bertz CT molecular complexity index is 994. The number of rotatable bonds is 5. The number of fused-ring (bicyclic) bond motifs is 2. The Morgan fingerprint density at radius 2 is 1.53 bits per heavy atom. The Hall–Kier alpha value is -0.790. The summed E-state index contributed by atoms with van der Waals surface area (Å²) >= 11 is 0. The van der Waals surface area contributed by atoms with Crippen LogP contribution in [-0.2, 0) is 19.4 Å². The zero-order chi connectivity index (χ0) is 25.8. The first kappa shape index (κ1) is 25.5. The number of halogens is 3. The second-order valence-electron chi connectivity index (χ2n) is 14.2. The number of esters is 1. The molecule has 4 nitrogen and oxygen atoms in total. The lowest BCUT2D eigenvalue weighted by atomic mass is 9.50.